The smallest absolute Gasteiger partial charge is 0.331 e. The lowest BCUT2D eigenvalue weighted by Gasteiger charge is -2.46. The van der Waals surface area contributed by atoms with Gasteiger partial charge in [0.05, 0.1) is 32.0 Å². The SMILES string of the molecule is COc1ccc(CO[C@H]2CC/C=C/C=C(\C)C[C@H]([C@H](C)/C=C(C)/C=C/C(=O)OC(C)(C)C)OC(=O)/C=C/CCC[C@H](O[Si](C(C)C)(C(C)C)C(C)C)/C=C/[C@@H]2O[Si](C(C)C)(C(C)C)C(C)C)cc1. The van der Waals surface area contributed by atoms with E-state index in [1.54, 1.807) is 19.3 Å². The molecule has 0 N–H and O–H groups in total. The van der Waals surface area contributed by atoms with E-state index in [4.69, 9.17) is 27.8 Å². The standard InChI is InChI=1S/C58H96O8Si2/c1-41(2)67(42(3)4,43(5)6)65-52-27-23-21-25-29-56(59)63-55(49(15)38-48(14)30-37-57(60)64-58(16,17)18)39-47(13)26-22-20-24-28-53(62-40-50-31-33-51(61-19)34-32-50)54(36-35-52)66-68(44(7)8,45(9)10)46(11)12/h20,22,25-26,29-38,41-46,49,52-55H,21,23-24,27-28,39-40H2,1-19H3/b22-20+,29-25+,36-35+,37-30+,47-26+,48-38+/t49-,52+,53+,54+,55-/m1/s1. The first kappa shape index (κ1) is 60.8. The fourth-order valence-corrected chi connectivity index (χ4v) is 21.5. The molecule has 1 aliphatic rings. The summed E-state index contributed by atoms with van der Waals surface area (Å²) in [5, 5.41) is 0. The van der Waals surface area contributed by atoms with Gasteiger partial charge >= 0.3 is 11.9 Å². The molecule has 8 nitrogen and oxygen atoms in total. The molecule has 1 aromatic rings. The molecular weight excluding hydrogens is 881 g/mol. The number of allylic oxidation sites excluding steroid dienone is 6. The van der Waals surface area contributed by atoms with E-state index in [-0.39, 0.29) is 30.2 Å². The maximum Gasteiger partial charge on any atom is 0.331 e. The first-order chi connectivity index (χ1) is 31.8. The Bertz CT molecular complexity index is 1800. The molecule has 0 saturated heterocycles. The quantitative estimate of drug-likeness (QED) is 0.0472. The van der Waals surface area contributed by atoms with Gasteiger partial charge in [0.25, 0.3) is 0 Å². The average molecular weight is 978 g/mol. The van der Waals surface area contributed by atoms with Crippen LogP contribution < -0.4 is 4.74 Å². The van der Waals surface area contributed by atoms with E-state index in [1.165, 1.54) is 6.08 Å². The second kappa shape index (κ2) is 29.2. The van der Waals surface area contributed by atoms with Crippen molar-refractivity contribution in [2.24, 2.45) is 5.92 Å². The van der Waals surface area contributed by atoms with Crippen LogP contribution >= 0.6 is 0 Å². The highest BCUT2D eigenvalue weighted by molar-refractivity contribution is 6.78. The fraction of sp³-hybridized carbons (Fsp3) is 0.655. The summed E-state index contributed by atoms with van der Waals surface area (Å²) in [6, 6.07) is 8.14. The van der Waals surface area contributed by atoms with Crippen LogP contribution in [0.1, 0.15) is 169 Å². The van der Waals surface area contributed by atoms with Crippen molar-refractivity contribution < 1.29 is 37.4 Å². The Morgan fingerprint density at radius 2 is 1.35 bits per heavy atom. The van der Waals surface area contributed by atoms with Crippen molar-refractivity contribution >= 4 is 28.6 Å². The Morgan fingerprint density at radius 3 is 1.90 bits per heavy atom. The lowest BCUT2D eigenvalue weighted by atomic mass is 9.95. The zero-order valence-corrected chi connectivity index (χ0v) is 48.1. The number of methoxy groups -OCH3 is 1. The van der Waals surface area contributed by atoms with Crippen LogP contribution in [0.5, 0.6) is 5.75 Å². The molecule has 1 heterocycles. The number of esters is 2. The van der Waals surface area contributed by atoms with Crippen LogP contribution in [0, 0.1) is 5.92 Å². The molecule has 68 heavy (non-hydrogen) atoms. The van der Waals surface area contributed by atoms with E-state index in [1.807, 2.05) is 52.0 Å². The number of ether oxygens (including phenoxy) is 4. The first-order valence-corrected chi connectivity index (χ1v) is 30.1. The van der Waals surface area contributed by atoms with E-state index in [9.17, 15) is 9.59 Å². The molecular formula is C58H96O8Si2. The van der Waals surface area contributed by atoms with Gasteiger partial charge in [0.2, 0.25) is 16.6 Å². The summed E-state index contributed by atoms with van der Waals surface area (Å²) in [7, 11) is -3.00. The van der Waals surface area contributed by atoms with Crippen molar-refractivity contribution in [3.8, 4) is 5.75 Å². The molecule has 384 valence electrons. The minimum atomic E-state index is -2.40. The summed E-state index contributed by atoms with van der Waals surface area (Å²) >= 11 is 0. The number of cyclic esters (lactones) is 1. The van der Waals surface area contributed by atoms with Crippen molar-refractivity contribution in [3.63, 3.8) is 0 Å². The number of carbonyl (C=O) groups excluding carboxylic acids is 2. The minimum Gasteiger partial charge on any atom is -0.497 e. The second-order valence-corrected chi connectivity index (χ2v) is 32.9. The number of hydrogen-bond acceptors (Lipinski definition) is 8. The summed E-state index contributed by atoms with van der Waals surface area (Å²) in [5.74, 6) is -0.0647. The maximum absolute atomic E-state index is 13.5. The van der Waals surface area contributed by atoms with Crippen molar-refractivity contribution in [2.45, 2.75) is 233 Å². The van der Waals surface area contributed by atoms with Gasteiger partial charge in [-0.1, -0.05) is 162 Å². The van der Waals surface area contributed by atoms with E-state index >= 15 is 0 Å². The van der Waals surface area contributed by atoms with Crippen LogP contribution in [0.2, 0.25) is 33.2 Å². The Labute approximate surface area is 417 Å². The lowest BCUT2D eigenvalue weighted by Crippen LogP contribution is -2.52. The molecule has 0 bridgehead atoms. The molecule has 0 aliphatic carbocycles. The largest absolute Gasteiger partial charge is 0.497 e. The molecule has 0 saturated carbocycles. The molecule has 0 fully saturated rings. The number of benzene rings is 1. The summed E-state index contributed by atoms with van der Waals surface area (Å²) < 4.78 is 39.5. The fourth-order valence-electron chi connectivity index (χ4n) is 10.5. The van der Waals surface area contributed by atoms with Crippen molar-refractivity contribution in [3.05, 3.63) is 102 Å². The average Bonchev–Trinajstić information content (AvgIpc) is 3.23. The minimum absolute atomic E-state index is 0.128. The summed E-state index contributed by atoms with van der Waals surface area (Å²) in [6.07, 6.45) is 23.2. The number of carbonyl (C=O) groups is 2. The molecule has 0 radical (unpaired) electrons. The van der Waals surface area contributed by atoms with Crippen LogP contribution in [0.4, 0.5) is 0 Å². The van der Waals surface area contributed by atoms with Gasteiger partial charge in [0.1, 0.15) is 17.5 Å². The lowest BCUT2D eigenvalue weighted by molar-refractivity contribution is -0.148. The van der Waals surface area contributed by atoms with Gasteiger partial charge in [-0.25, -0.2) is 9.59 Å². The van der Waals surface area contributed by atoms with Crippen LogP contribution in [-0.2, 0) is 39.3 Å². The summed E-state index contributed by atoms with van der Waals surface area (Å²) in [4.78, 5) is 25.9. The third kappa shape index (κ3) is 19.5. The Kier molecular flexibility index (Phi) is 26.1. The maximum atomic E-state index is 13.5. The summed E-state index contributed by atoms with van der Waals surface area (Å²) in [6.45, 7) is 40.2. The first-order valence-electron chi connectivity index (χ1n) is 25.9. The molecule has 1 aromatic carbocycles. The molecule has 0 amide bonds. The third-order valence-electron chi connectivity index (χ3n) is 13.7. The second-order valence-electron chi connectivity index (χ2n) is 22.1. The predicted octanol–water partition coefficient (Wildman–Crippen LogP) is 16.1. The van der Waals surface area contributed by atoms with Crippen molar-refractivity contribution in [1.82, 2.24) is 0 Å². The third-order valence-corrected chi connectivity index (χ3v) is 25.9. The highest BCUT2D eigenvalue weighted by Gasteiger charge is 2.48. The monoisotopic (exact) mass is 977 g/mol. The van der Waals surface area contributed by atoms with Crippen LogP contribution in [0.25, 0.3) is 0 Å². The van der Waals surface area contributed by atoms with Crippen LogP contribution in [0.3, 0.4) is 0 Å². The van der Waals surface area contributed by atoms with E-state index in [2.05, 4.69) is 139 Å². The molecule has 0 spiro atoms. The van der Waals surface area contributed by atoms with Crippen LogP contribution in [-0.4, -0.2) is 65.7 Å². The van der Waals surface area contributed by atoms with Crippen molar-refractivity contribution in [2.75, 3.05) is 7.11 Å². The van der Waals surface area contributed by atoms with Gasteiger partial charge in [-0.15, -0.1) is 0 Å². The molecule has 5 atom stereocenters. The Balaban J connectivity index is 2.78. The van der Waals surface area contributed by atoms with Gasteiger partial charge in [-0.3, -0.25) is 0 Å². The van der Waals surface area contributed by atoms with Crippen molar-refractivity contribution in [1.29, 1.82) is 0 Å². The Hall–Kier alpha value is -3.29. The van der Waals surface area contributed by atoms with Gasteiger partial charge in [-0.2, -0.15) is 0 Å². The topological polar surface area (TPSA) is 89.5 Å². The van der Waals surface area contributed by atoms with E-state index in [0.717, 1.165) is 48.1 Å². The van der Waals surface area contributed by atoms with Gasteiger partial charge in [0.15, 0.2) is 0 Å². The highest BCUT2D eigenvalue weighted by atomic mass is 28.4. The summed E-state index contributed by atoms with van der Waals surface area (Å²) in [5.41, 5.74) is 4.90. The molecule has 10 heteroatoms. The van der Waals surface area contributed by atoms with Gasteiger partial charge < -0.3 is 27.8 Å². The van der Waals surface area contributed by atoms with Gasteiger partial charge in [0, 0.05) is 24.5 Å². The van der Waals surface area contributed by atoms with Crippen LogP contribution in [0.15, 0.2) is 96.2 Å². The molecule has 0 unspecified atom stereocenters. The normalized spacial score (nSPS) is 23.2. The van der Waals surface area contributed by atoms with Gasteiger partial charge in [-0.05, 0) is 118 Å². The predicted molar refractivity (Wildman–Crippen MR) is 290 cm³/mol. The highest BCUT2D eigenvalue weighted by Crippen LogP contribution is 2.45. The number of hydrogen-bond donors (Lipinski definition) is 0. The molecule has 2 rings (SSSR count). The van der Waals surface area contributed by atoms with E-state index < -0.39 is 34.3 Å². The molecule has 0 aromatic heterocycles. The number of rotatable bonds is 18. The molecule has 1 aliphatic heterocycles. The zero-order chi connectivity index (χ0) is 51.4. The Morgan fingerprint density at radius 1 is 0.779 bits per heavy atom. The van der Waals surface area contributed by atoms with E-state index in [0.29, 0.717) is 52.7 Å². The zero-order valence-electron chi connectivity index (χ0n) is 46.1.